The molecule has 0 aliphatic heterocycles. The fourth-order valence-corrected chi connectivity index (χ4v) is 0. The molecule has 0 bridgehead atoms. The Morgan fingerprint density at radius 2 is 0.750 bits per heavy atom. The predicted octanol–water partition coefficient (Wildman–Crippen LogP) is -3.48. The van der Waals surface area contributed by atoms with Gasteiger partial charge in [-0.3, -0.25) is 0 Å². The smallest absolute Gasteiger partial charge is 0.187 e. The third-order valence-electron chi connectivity index (χ3n) is 0. The van der Waals surface area contributed by atoms with E-state index in [1.165, 1.54) is 0 Å². The van der Waals surface area contributed by atoms with Crippen LogP contribution in [0.1, 0.15) is 0 Å². The first-order valence-electron chi connectivity index (χ1n) is 0. The van der Waals surface area contributed by atoms with Crippen molar-refractivity contribution in [2.45, 2.75) is 0 Å². The fourth-order valence-electron chi connectivity index (χ4n) is 0. The fraction of sp³-hybridized carbons (Fsp3) is 0. The lowest BCUT2D eigenvalue weighted by Gasteiger charge is -0.413. The molecule has 0 spiro atoms. The molecule has 0 aromatic heterocycles. The lowest BCUT2D eigenvalue weighted by atomic mass is 16.0. The quantitative estimate of drug-likeness (QED) is 0.280. The van der Waals surface area contributed by atoms with Gasteiger partial charge in [-0.05, 0) is 0 Å². The molecule has 4 heavy (non-hydrogen) atoms. The van der Waals surface area contributed by atoms with Gasteiger partial charge in [0, 0.05) is 0 Å². The van der Waals surface area contributed by atoms with E-state index in [-0.39, 0.29) is 45.7 Å². The first kappa shape index (κ1) is 81.6. The normalized spacial score (nSPS) is 0. The summed E-state index contributed by atoms with van der Waals surface area (Å²) in [5.41, 5.74) is 0. The second-order valence-electron chi connectivity index (χ2n) is 0. The maximum Gasteiger partial charge on any atom is 0.187 e. The summed E-state index contributed by atoms with van der Waals surface area (Å²) < 4.78 is 0. The van der Waals surface area contributed by atoms with Crippen LogP contribution in [0.15, 0.2) is 0 Å². The standard InChI is InChI=1S/2Al.2H2O.4H/h;;2*1H2;;;;. The van der Waals surface area contributed by atoms with Gasteiger partial charge in [-0.1, -0.05) is 0 Å². The van der Waals surface area contributed by atoms with Crippen LogP contribution in [-0.2, 0) is 0 Å². The predicted molar refractivity (Wildman–Crippen MR) is 24.3 cm³/mol. The zero-order chi connectivity index (χ0) is 0. The topological polar surface area (TPSA) is 63.0 Å². The maximum absolute atomic E-state index is 0. The molecule has 0 fully saturated rings. The Morgan fingerprint density at radius 1 is 0.750 bits per heavy atom. The third kappa shape index (κ3) is 12.1. The van der Waals surface area contributed by atoms with Gasteiger partial charge in [0.15, 0.2) is 17.4 Å². The molecule has 0 aliphatic rings. The second kappa shape index (κ2) is 36.6. The van der Waals surface area contributed by atoms with Crippen molar-refractivity contribution in [3.05, 3.63) is 0 Å². The van der Waals surface area contributed by atoms with Crippen LogP contribution in [0.25, 0.3) is 0 Å². The summed E-state index contributed by atoms with van der Waals surface area (Å²) in [7, 11) is 0. The van der Waals surface area contributed by atoms with Gasteiger partial charge in [-0.2, -0.15) is 0 Å². The number of hydrogen-bond donors (Lipinski definition) is 0. The first-order chi connectivity index (χ1) is 0. The summed E-state index contributed by atoms with van der Waals surface area (Å²) in [6, 6.07) is 0. The van der Waals surface area contributed by atoms with E-state index in [9.17, 15) is 0 Å². The Hall–Kier alpha value is 0.985. The highest BCUT2D eigenvalue weighted by Gasteiger charge is 0.187. The Balaban J connectivity index is 0. The average molecular weight is 94.0 g/mol. The lowest BCUT2D eigenvalue weighted by molar-refractivity contribution is 0.823. The van der Waals surface area contributed by atoms with E-state index in [1.807, 2.05) is 0 Å². The van der Waals surface area contributed by atoms with Crippen molar-refractivity contribution in [3.8, 4) is 0 Å². The molecule has 4 heteroatoms. The van der Waals surface area contributed by atoms with Gasteiger partial charge in [-0.15, -0.1) is 0 Å². The minimum atomic E-state index is 0. The molecule has 0 atom stereocenters. The SMILES string of the molecule is O.O.[AlH3].[AlH]. The molecule has 26 valence electrons. The molecule has 0 aromatic rings. The maximum atomic E-state index is 0. The van der Waals surface area contributed by atoms with Gasteiger partial charge in [0.25, 0.3) is 0 Å². The van der Waals surface area contributed by atoms with Gasteiger partial charge < -0.3 is 11.0 Å². The van der Waals surface area contributed by atoms with Crippen LogP contribution in [0, 0.1) is 0 Å². The van der Waals surface area contributed by atoms with Crippen LogP contribution < -0.4 is 0 Å². The summed E-state index contributed by atoms with van der Waals surface area (Å²) in [4.78, 5) is 0. The molecule has 0 amide bonds. The van der Waals surface area contributed by atoms with E-state index in [1.54, 1.807) is 0 Å². The Kier molecular flexibility index (Phi) is 747. The van der Waals surface area contributed by atoms with Crippen LogP contribution in [0.2, 0.25) is 0 Å². The van der Waals surface area contributed by atoms with Crippen molar-refractivity contribution in [1.82, 2.24) is 0 Å². The third-order valence-corrected chi connectivity index (χ3v) is 0. The summed E-state index contributed by atoms with van der Waals surface area (Å²) >= 11 is 0. The van der Waals surface area contributed by atoms with E-state index in [0.29, 0.717) is 0 Å². The molecule has 2 radical (unpaired) electrons. The second-order valence-corrected chi connectivity index (χ2v) is 0. The van der Waals surface area contributed by atoms with Crippen molar-refractivity contribution < 1.29 is 11.0 Å². The first-order valence-corrected chi connectivity index (χ1v) is 0. The molecular weight excluding hydrogens is 86.0 g/mol. The van der Waals surface area contributed by atoms with E-state index >= 15 is 0 Å². The Labute approximate surface area is 46.1 Å². The zero-order valence-electron chi connectivity index (χ0n) is 1.71. The summed E-state index contributed by atoms with van der Waals surface area (Å²) in [6.07, 6.45) is 0. The molecule has 4 N–H and O–H groups in total. The molecule has 0 aromatic carbocycles. The number of hydrogen-bond acceptors (Lipinski definition) is 0. The average Bonchev–Trinajstić information content (AvgIpc) is 0. The molecule has 2 nitrogen and oxygen atoms in total. The minimum absolute atomic E-state index is 0. The van der Waals surface area contributed by atoms with Crippen LogP contribution >= 0.6 is 0 Å². The van der Waals surface area contributed by atoms with E-state index in [4.69, 9.17) is 0 Å². The van der Waals surface area contributed by atoms with Crippen molar-refractivity contribution in [2.75, 3.05) is 0 Å². The van der Waals surface area contributed by atoms with E-state index in [0.717, 1.165) is 0 Å². The Morgan fingerprint density at radius 3 is 0.750 bits per heavy atom. The molecule has 0 unspecified atom stereocenters. The van der Waals surface area contributed by atoms with Crippen molar-refractivity contribution in [2.24, 2.45) is 0 Å². The molecule has 0 saturated carbocycles. The van der Waals surface area contributed by atoms with Gasteiger partial charge in [0.05, 0.1) is 17.4 Å². The van der Waals surface area contributed by atoms with Crippen LogP contribution in [0.4, 0.5) is 0 Å². The molecule has 0 rings (SSSR count). The summed E-state index contributed by atoms with van der Waals surface area (Å²) in [6.45, 7) is 0. The molecule has 0 saturated heterocycles. The number of rotatable bonds is 0. The molecular formula is H8Al2O2. The van der Waals surface area contributed by atoms with Gasteiger partial charge in [-0.25, -0.2) is 0 Å². The largest absolute Gasteiger partial charge is 0.412 e. The highest BCUT2D eigenvalue weighted by molar-refractivity contribution is 5.76. The lowest BCUT2D eigenvalue weighted by Crippen LogP contribution is -0.382. The molecule has 0 aliphatic carbocycles. The van der Waals surface area contributed by atoms with Crippen LogP contribution in [0.3, 0.4) is 0 Å². The zero-order valence-corrected chi connectivity index (χ0v) is 3.12. The van der Waals surface area contributed by atoms with E-state index < -0.39 is 0 Å². The van der Waals surface area contributed by atoms with Crippen molar-refractivity contribution in [3.63, 3.8) is 0 Å². The summed E-state index contributed by atoms with van der Waals surface area (Å²) in [5.74, 6) is 0. The van der Waals surface area contributed by atoms with Gasteiger partial charge in [0.1, 0.15) is 0 Å². The van der Waals surface area contributed by atoms with Gasteiger partial charge in [0.2, 0.25) is 0 Å². The molecule has 0 heterocycles. The minimum Gasteiger partial charge on any atom is -0.412 e. The van der Waals surface area contributed by atoms with Gasteiger partial charge >= 0.3 is 0 Å². The summed E-state index contributed by atoms with van der Waals surface area (Å²) in [5, 5.41) is 0. The van der Waals surface area contributed by atoms with Crippen molar-refractivity contribution in [1.29, 1.82) is 0 Å². The van der Waals surface area contributed by atoms with Crippen LogP contribution in [-0.4, -0.2) is 45.7 Å². The van der Waals surface area contributed by atoms with Crippen molar-refractivity contribution >= 4 is 34.7 Å². The van der Waals surface area contributed by atoms with Crippen LogP contribution in [0.5, 0.6) is 0 Å². The highest BCUT2D eigenvalue weighted by Crippen LogP contribution is -0.288. The Bertz CT molecular complexity index is 4.00. The monoisotopic (exact) mass is 94.0 g/mol. The van der Waals surface area contributed by atoms with E-state index in [2.05, 4.69) is 0 Å². The highest BCUT2D eigenvalue weighted by atomic mass is 27.0.